The van der Waals surface area contributed by atoms with Gasteiger partial charge >= 0.3 is 0 Å². The normalized spacial score (nSPS) is 12.3. The van der Waals surface area contributed by atoms with Crippen LogP contribution in [0.4, 0.5) is 0 Å². The van der Waals surface area contributed by atoms with Crippen LogP contribution in [0.15, 0.2) is 97.6 Å². The van der Waals surface area contributed by atoms with Gasteiger partial charge in [-0.15, -0.1) is 0 Å². The summed E-state index contributed by atoms with van der Waals surface area (Å²) >= 11 is 0. The number of rotatable bonds is 1. The first-order valence-electron chi connectivity index (χ1n) is 20.6. The zero-order valence-electron chi connectivity index (χ0n) is 34.4. The second-order valence-electron chi connectivity index (χ2n) is 15.6. The Morgan fingerprint density at radius 2 is 0.734 bits per heavy atom. The van der Waals surface area contributed by atoms with E-state index in [0.29, 0.717) is 11.6 Å². The first-order valence-corrected chi connectivity index (χ1v) is 20.6. The van der Waals surface area contributed by atoms with Gasteiger partial charge in [0, 0.05) is 83.1 Å². The molecule has 12 heterocycles. The Kier molecular flexibility index (Phi) is 8.42. The van der Waals surface area contributed by atoms with E-state index in [1.54, 1.807) is 12.4 Å². The Labute approximate surface area is 365 Å². The lowest BCUT2D eigenvalue weighted by Gasteiger charge is -2.06. The van der Waals surface area contributed by atoms with Gasteiger partial charge in [0.2, 0.25) is 0 Å². The Morgan fingerprint density at radius 3 is 1.11 bits per heavy atom. The topological polar surface area (TPSA) is 150 Å². The van der Waals surface area contributed by atoms with E-state index in [1.807, 2.05) is 121 Å². The third-order valence-corrected chi connectivity index (χ3v) is 11.3. The number of hydrogen-bond donors (Lipinski definition) is 4. The third-order valence-electron chi connectivity index (χ3n) is 11.3. The number of hydrogen-bond acceptors (Lipinski definition) is 6. The number of aryl methyl sites for hydroxylation is 2. The van der Waals surface area contributed by atoms with Crippen LogP contribution in [-0.4, -0.2) is 59.0 Å². The molecule has 0 fully saturated rings. The first-order chi connectivity index (χ1) is 31.4. The molecule has 8 aromatic rings. The van der Waals surface area contributed by atoms with Crippen LogP contribution in [0.1, 0.15) is 68.3 Å². The van der Waals surface area contributed by atoms with Gasteiger partial charge in [-0.1, -0.05) is 11.8 Å². The van der Waals surface area contributed by atoms with Crippen molar-refractivity contribution in [2.24, 2.45) is 14.1 Å². The van der Waals surface area contributed by atoms with Crippen LogP contribution >= 0.6 is 0 Å². The van der Waals surface area contributed by atoms with E-state index >= 15 is 0 Å². The van der Waals surface area contributed by atoms with Crippen LogP contribution in [-0.2, 0) is 14.1 Å². The van der Waals surface area contributed by atoms with Crippen LogP contribution < -0.4 is 0 Å². The Morgan fingerprint density at radius 1 is 0.391 bits per heavy atom. The molecular formula is C52H34N12. The molecule has 16 bridgehead atoms. The highest BCUT2D eigenvalue weighted by Gasteiger charge is 2.19. The van der Waals surface area contributed by atoms with Gasteiger partial charge in [-0.3, -0.25) is 0 Å². The molecular weight excluding hydrogens is 793 g/mol. The summed E-state index contributed by atoms with van der Waals surface area (Å²) in [6.07, 6.45) is 23.5. The number of H-pyrrole nitrogens is 4. The van der Waals surface area contributed by atoms with Gasteiger partial charge in [-0.05, 0) is 133 Å². The summed E-state index contributed by atoms with van der Waals surface area (Å²) in [6.45, 7) is 0. The summed E-state index contributed by atoms with van der Waals surface area (Å²) in [5.74, 6) is 14.5. The van der Waals surface area contributed by atoms with Gasteiger partial charge in [-0.25, -0.2) is 29.9 Å². The van der Waals surface area contributed by atoms with Crippen molar-refractivity contribution in [2.75, 3.05) is 0 Å². The molecule has 4 N–H and O–H groups in total. The number of nitrogens with zero attached hydrogens (tertiary/aromatic N) is 8. The van der Waals surface area contributed by atoms with Crippen molar-refractivity contribution in [3.05, 3.63) is 166 Å². The molecule has 0 aromatic carbocycles. The van der Waals surface area contributed by atoms with Crippen molar-refractivity contribution in [2.45, 2.75) is 0 Å². The number of aromatic nitrogens is 12. The minimum Gasteiger partial charge on any atom is -0.355 e. The highest BCUT2D eigenvalue weighted by molar-refractivity contribution is 6.01. The number of imidazole rings is 2. The smallest absolute Gasteiger partial charge is 0.185 e. The summed E-state index contributed by atoms with van der Waals surface area (Å²) in [4.78, 5) is 43.9. The van der Waals surface area contributed by atoms with Crippen LogP contribution in [0.25, 0.3) is 104 Å². The molecule has 0 amide bonds. The van der Waals surface area contributed by atoms with Crippen molar-refractivity contribution in [3.8, 4) is 34.8 Å². The lowest BCUT2D eigenvalue weighted by molar-refractivity contribution is 0.893. The van der Waals surface area contributed by atoms with Gasteiger partial charge in [0.25, 0.3) is 0 Å². The number of nitrogens with one attached hydrogen (secondary N) is 4. The molecule has 0 unspecified atom stereocenters. The fourth-order valence-corrected chi connectivity index (χ4v) is 8.14. The highest BCUT2D eigenvalue weighted by atomic mass is 15.0. The van der Waals surface area contributed by atoms with Crippen LogP contribution in [0.3, 0.4) is 0 Å². The van der Waals surface area contributed by atoms with E-state index in [0.717, 1.165) is 112 Å². The second-order valence-corrected chi connectivity index (χ2v) is 15.6. The van der Waals surface area contributed by atoms with Gasteiger partial charge in [0.15, 0.2) is 11.6 Å². The minimum atomic E-state index is 0.667. The van der Waals surface area contributed by atoms with E-state index in [9.17, 15) is 0 Å². The Balaban J connectivity index is 1.09. The highest BCUT2D eigenvalue weighted by Crippen LogP contribution is 2.36. The van der Waals surface area contributed by atoms with Crippen molar-refractivity contribution in [1.82, 2.24) is 59.0 Å². The Bertz CT molecular complexity index is 3640. The fourth-order valence-electron chi connectivity index (χ4n) is 8.14. The van der Waals surface area contributed by atoms with E-state index in [1.165, 1.54) is 0 Å². The summed E-state index contributed by atoms with van der Waals surface area (Å²) in [5.41, 5.74) is 16.5. The maximum atomic E-state index is 5.25. The van der Waals surface area contributed by atoms with Gasteiger partial charge in [0.1, 0.15) is 0 Å². The lowest BCUT2D eigenvalue weighted by atomic mass is 10.0. The van der Waals surface area contributed by atoms with Crippen molar-refractivity contribution in [3.63, 3.8) is 0 Å². The quantitative estimate of drug-likeness (QED) is 0.121. The molecule has 4 aliphatic heterocycles. The molecule has 302 valence electrons. The summed E-state index contributed by atoms with van der Waals surface area (Å²) in [6, 6.07) is 24.6. The maximum Gasteiger partial charge on any atom is 0.185 e. The monoisotopic (exact) mass is 826 g/mol. The molecule has 4 aliphatic rings. The molecule has 64 heavy (non-hydrogen) atoms. The lowest BCUT2D eigenvalue weighted by Crippen LogP contribution is -1.91. The van der Waals surface area contributed by atoms with Crippen molar-refractivity contribution < 1.29 is 0 Å². The average molecular weight is 827 g/mol. The molecule has 12 nitrogen and oxygen atoms in total. The first kappa shape index (κ1) is 36.6. The molecule has 0 spiro atoms. The van der Waals surface area contributed by atoms with Gasteiger partial charge in [0.05, 0.1) is 67.7 Å². The van der Waals surface area contributed by atoms with E-state index in [-0.39, 0.29) is 0 Å². The standard InChI is InChI=1S/C52H34N12/c1-63-25-23-53-49(63)21-11-39-41-13-3-31(55-41)27-35-7-17-45(59-35)51(46-18-8-36(60-46)28-32-4-14-42(39)56-32)52-47-19-9-37(61-47)29-33-5-15-43(57-33)40(12-22-50-54-24-26-64(50)2)44-16-6-34(58-44)30-38-10-20-48(52)62-38/h3-10,13-20,23-30,55,57,60,62H,1-2H3. The largest absolute Gasteiger partial charge is 0.355 e. The molecule has 0 saturated carbocycles. The van der Waals surface area contributed by atoms with Crippen LogP contribution in [0, 0.1) is 23.7 Å². The molecule has 0 saturated heterocycles. The second kappa shape index (κ2) is 14.7. The summed E-state index contributed by atoms with van der Waals surface area (Å²) in [5, 5.41) is 0. The van der Waals surface area contributed by atoms with E-state index < -0.39 is 0 Å². The van der Waals surface area contributed by atoms with E-state index in [4.69, 9.17) is 19.9 Å². The number of fused-ring (bicyclic) bond motifs is 16. The molecule has 12 rings (SSSR count). The third kappa shape index (κ3) is 6.74. The predicted molar refractivity (Wildman–Crippen MR) is 255 cm³/mol. The Hall–Kier alpha value is -9.26. The SMILES string of the molecule is Cn1ccnc1C#Cc1c2nc(cc3ccc([nH]3)c(-c3c4nc(cc5ccc([nH]5)c(C#Cc5nccn5C)c5nc(cc6ccc3[nH]6)C=C5)C=C4)c3nc(cc4ccc1[nH]4)C=C3)C=C2. The minimum absolute atomic E-state index is 0.667. The maximum absolute atomic E-state index is 5.25. The average Bonchev–Trinajstić information content (AvgIpc) is 4.13. The molecule has 12 heteroatoms. The van der Waals surface area contributed by atoms with Crippen molar-refractivity contribution >= 4 is 92.7 Å². The molecule has 0 aliphatic carbocycles. The zero-order valence-corrected chi connectivity index (χ0v) is 34.4. The van der Waals surface area contributed by atoms with Gasteiger partial charge < -0.3 is 29.1 Å². The molecule has 8 aromatic heterocycles. The summed E-state index contributed by atoms with van der Waals surface area (Å²) < 4.78 is 3.79. The molecule has 0 atom stereocenters. The van der Waals surface area contributed by atoms with Crippen LogP contribution in [0.5, 0.6) is 0 Å². The van der Waals surface area contributed by atoms with Crippen molar-refractivity contribution in [1.29, 1.82) is 0 Å². The summed E-state index contributed by atoms with van der Waals surface area (Å²) in [7, 11) is 3.86. The molecule has 0 radical (unpaired) electrons. The van der Waals surface area contributed by atoms with Gasteiger partial charge in [-0.2, -0.15) is 0 Å². The fraction of sp³-hybridized carbons (Fsp3) is 0.0385. The number of aromatic amines is 4. The van der Waals surface area contributed by atoms with Crippen LogP contribution in [0.2, 0.25) is 0 Å². The predicted octanol–water partition coefficient (Wildman–Crippen LogP) is 9.56. The van der Waals surface area contributed by atoms with E-state index in [2.05, 4.69) is 90.0 Å². The zero-order chi connectivity index (χ0) is 42.7.